The van der Waals surface area contributed by atoms with Crippen LogP contribution in [0.25, 0.3) is 11.1 Å². The third kappa shape index (κ3) is 5.10. The molecule has 0 saturated carbocycles. The fourth-order valence-corrected chi connectivity index (χ4v) is 3.48. The number of amides is 2. The summed E-state index contributed by atoms with van der Waals surface area (Å²) in [6.45, 7) is 3.98. The second kappa shape index (κ2) is 9.31. The molecule has 0 aromatic heterocycles. The van der Waals surface area contributed by atoms with Gasteiger partial charge in [-0.05, 0) is 84.6 Å². The van der Waals surface area contributed by atoms with E-state index in [4.69, 9.17) is 0 Å². The van der Waals surface area contributed by atoms with Crippen LogP contribution < -0.4 is 10.6 Å². The van der Waals surface area contributed by atoms with Gasteiger partial charge in [0, 0.05) is 22.5 Å². The Balaban J connectivity index is 1.42. The maximum atomic E-state index is 12.5. The summed E-state index contributed by atoms with van der Waals surface area (Å²) in [5.74, 6) is -0.296. The summed E-state index contributed by atoms with van der Waals surface area (Å²) < 4.78 is 0. The van der Waals surface area contributed by atoms with Gasteiger partial charge in [-0.25, -0.2) is 0 Å². The van der Waals surface area contributed by atoms with Gasteiger partial charge in [-0.15, -0.1) is 0 Å². The summed E-state index contributed by atoms with van der Waals surface area (Å²) in [6.07, 6.45) is 0. The number of carbonyl (C=O) groups excluding carboxylic acids is 2. The molecule has 2 amide bonds. The molecule has 4 heteroatoms. The van der Waals surface area contributed by atoms with Crippen molar-refractivity contribution in [3.8, 4) is 11.1 Å². The van der Waals surface area contributed by atoms with E-state index in [-0.39, 0.29) is 11.8 Å². The Morgan fingerprint density at radius 1 is 0.531 bits per heavy atom. The largest absolute Gasteiger partial charge is 0.322 e. The fraction of sp³-hybridized carbons (Fsp3) is 0.0714. The molecule has 0 unspecified atom stereocenters. The summed E-state index contributed by atoms with van der Waals surface area (Å²) in [5, 5.41) is 5.84. The Labute approximate surface area is 187 Å². The molecule has 32 heavy (non-hydrogen) atoms. The van der Waals surface area contributed by atoms with Gasteiger partial charge in [-0.3, -0.25) is 9.59 Å². The van der Waals surface area contributed by atoms with Gasteiger partial charge in [-0.1, -0.05) is 48.5 Å². The molecule has 158 valence electrons. The Morgan fingerprint density at radius 2 is 0.906 bits per heavy atom. The molecule has 0 saturated heterocycles. The number of carbonyl (C=O) groups is 2. The standard InChI is InChI=1S/C28H24N2O2/c1-19-5-3-7-25(17-19)29-27(31)23-13-9-21(10-14-23)22-11-15-24(16-12-22)28(32)30-26-8-4-6-20(2)18-26/h3-18H,1-2H3,(H,29,31)(H,30,32). The minimum absolute atomic E-state index is 0.148. The molecular formula is C28H24N2O2. The van der Waals surface area contributed by atoms with E-state index >= 15 is 0 Å². The number of anilines is 2. The molecule has 4 aromatic rings. The first kappa shape index (κ1) is 21.1. The first-order valence-electron chi connectivity index (χ1n) is 10.4. The van der Waals surface area contributed by atoms with Gasteiger partial charge in [0.15, 0.2) is 0 Å². The predicted octanol–water partition coefficient (Wildman–Crippen LogP) is 6.48. The minimum atomic E-state index is -0.148. The molecule has 0 spiro atoms. The highest BCUT2D eigenvalue weighted by Crippen LogP contribution is 2.22. The Kier molecular flexibility index (Phi) is 6.13. The van der Waals surface area contributed by atoms with Crippen LogP contribution in [0.5, 0.6) is 0 Å². The Hall–Kier alpha value is -4.18. The van der Waals surface area contributed by atoms with Gasteiger partial charge in [0.25, 0.3) is 11.8 Å². The highest BCUT2D eigenvalue weighted by atomic mass is 16.2. The van der Waals surface area contributed by atoms with Crippen LogP contribution in [0.3, 0.4) is 0 Å². The molecule has 4 aromatic carbocycles. The van der Waals surface area contributed by atoms with Crippen molar-refractivity contribution in [1.82, 2.24) is 0 Å². The predicted molar refractivity (Wildman–Crippen MR) is 130 cm³/mol. The van der Waals surface area contributed by atoms with E-state index in [1.165, 1.54) is 0 Å². The molecule has 0 aliphatic rings. The minimum Gasteiger partial charge on any atom is -0.322 e. The van der Waals surface area contributed by atoms with E-state index in [2.05, 4.69) is 10.6 Å². The van der Waals surface area contributed by atoms with Gasteiger partial charge in [-0.2, -0.15) is 0 Å². The van der Waals surface area contributed by atoms with Crippen molar-refractivity contribution >= 4 is 23.2 Å². The van der Waals surface area contributed by atoms with Crippen LogP contribution in [0.2, 0.25) is 0 Å². The van der Waals surface area contributed by atoms with Gasteiger partial charge in [0.2, 0.25) is 0 Å². The quantitative estimate of drug-likeness (QED) is 0.388. The van der Waals surface area contributed by atoms with Crippen molar-refractivity contribution in [2.24, 2.45) is 0 Å². The van der Waals surface area contributed by atoms with Crippen LogP contribution in [-0.2, 0) is 0 Å². The van der Waals surface area contributed by atoms with Gasteiger partial charge in [0.05, 0.1) is 0 Å². The third-order valence-electron chi connectivity index (χ3n) is 5.18. The molecule has 0 aliphatic heterocycles. The summed E-state index contributed by atoms with van der Waals surface area (Å²) in [6, 6.07) is 30.3. The van der Waals surface area contributed by atoms with Crippen molar-refractivity contribution in [2.45, 2.75) is 13.8 Å². The zero-order valence-corrected chi connectivity index (χ0v) is 18.1. The lowest BCUT2D eigenvalue weighted by Gasteiger charge is -2.09. The molecule has 0 radical (unpaired) electrons. The highest BCUT2D eigenvalue weighted by Gasteiger charge is 2.09. The van der Waals surface area contributed by atoms with Crippen LogP contribution >= 0.6 is 0 Å². The smallest absolute Gasteiger partial charge is 0.255 e. The van der Waals surface area contributed by atoms with E-state index < -0.39 is 0 Å². The molecule has 0 heterocycles. The molecule has 4 rings (SSSR count). The second-order valence-corrected chi connectivity index (χ2v) is 7.80. The van der Waals surface area contributed by atoms with Crippen molar-refractivity contribution in [3.05, 3.63) is 119 Å². The SMILES string of the molecule is Cc1cccc(NC(=O)c2ccc(-c3ccc(C(=O)Nc4cccc(C)c4)cc3)cc2)c1. The van der Waals surface area contributed by atoms with Gasteiger partial charge >= 0.3 is 0 Å². The van der Waals surface area contributed by atoms with Crippen molar-refractivity contribution in [1.29, 1.82) is 0 Å². The Bertz CT molecular complexity index is 1160. The van der Waals surface area contributed by atoms with Gasteiger partial charge in [0.1, 0.15) is 0 Å². The number of hydrogen-bond donors (Lipinski definition) is 2. The summed E-state index contributed by atoms with van der Waals surface area (Å²) in [5.41, 5.74) is 6.86. The number of rotatable bonds is 5. The zero-order chi connectivity index (χ0) is 22.5. The normalized spacial score (nSPS) is 10.4. The maximum absolute atomic E-state index is 12.5. The average Bonchev–Trinajstić information content (AvgIpc) is 2.79. The Morgan fingerprint density at radius 3 is 1.25 bits per heavy atom. The number of aryl methyl sites for hydroxylation is 2. The van der Waals surface area contributed by atoms with Crippen molar-refractivity contribution < 1.29 is 9.59 Å². The van der Waals surface area contributed by atoms with E-state index in [9.17, 15) is 9.59 Å². The first-order chi connectivity index (χ1) is 15.5. The fourth-order valence-electron chi connectivity index (χ4n) is 3.48. The van der Waals surface area contributed by atoms with Crippen molar-refractivity contribution in [3.63, 3.8) is 0 Å². The monoisotopic (exact) mass is 420 g/mol. The lowest BCUT2D eigenvalue weighted by molar-refractivity contribution is 0.101. The molecule has 0 atom stereocenters. The number of benzene rings is 4. The van der Waals surface area contributed by atoms with Crippen LogP contribution in [-0.4, -0.2) is 11.8 Å². The molecule has 0 bridgehead atoms. The molecule has 4 nitrogen and oxygen atoms in total. The molecule has 2 N–H and O–H groups in total. The average molecular weight is 421 g/mol. The van der Waals surface area contributed by atoms with E-state index in [1.54, 1.807) is 24.3 Å². The maximum Gasteiger partial charge on any atom is 0.255 e. The topological polar surface area (TPSA) is 58.2 Å². The van der Waals surface area contributed by atoms with Crippen molar-refractivity contribution in [2.75, 3.05) is 10.6 Å². The van der Waals surface area contributed by atoms with Gasteiger partial charge < -0.3 is 10.6 Å². The lowest BCUT2D eigenvalue weighted by atomic mass is 10.0. The first-order valence-corrected chi connectivity index (χ1v) is 10.4. The van der Waals surface area contributed by atoms with E-state index in [1.807, 2.05) is 86.6 Å². The molecule has 0 fully saturated rings. The number of hydrogen-bond acceptors (Lipinski definition) is 2. The van der Waals surface area contributed by atoms with E-state index in [0.717, 1.165) is 33.6 Å². The zero-order valence-electron chi connectivity index (χ0n) is 18.1. The van der Waals surface area contributed by atoms with Crippen LogP contribution in [0, 0.1) is 13.8 Å². The summed E-state index contributed by atoms with van der Waals surface area (Å²) in [7, 11) is 0. The van der Waals surface area contributed by atoms with Crippen LogP contribution in [0.4, 0.5) is 11.4 Å². The van der Waals surface area contributed by atoms with Crippen LogP contribution in [0.15, 0.2) is 97.1 Å². The molecular weight excluding hydrogens is 396 g/mol. The van der Waals surface area contributed by atoms with Crippen LogP contribution in [0.1, 0.15) is 31.8 Å². The third-order valence-corrected chi connectivity index (χ3v) is 5.18. The summed E-state index contributed by atoms with van der Waals surface area (Å²) in [4.78, 5) is 25.0. The number of nitrogens with one attached hydrogen (secondary N) is 2. The summed E-state index contributed by atoms with van der Waals surface area (Å²) >= 11 is 0. The molecule has 0 aliphatic carbocycles. The highest BCUT2D eigenvalue weighted by molar-refractivity contribution is 6.05. The lowest BCUT2D eigenvalue weighted by Crippen LogP contribution is -2.12. The second-order valence-electron chi connectivity index (χ2n) is 7.80. The van der Waals surface area contributed by atoms with E-state index in [0.29, 0.717) is 11.1 Å².